The lowest BCUT2D eigenvalue weighted by molar-refractivity contribution is 0.189. The third kappa shape index (κ3) is 4.48. The highest BCUT2D eigenvalue weighted by molar-refractivity contribution is 6.34. The third-order valence-corrected chi connectivity index (χ3v) is 5.84. The van der Waals surface area contributed by atoms with Crippen LogP contribution in [-0.2, 0) is 0 Å². The molecule has 0 spiro atoms. The summed E-state index contributed by atoms with van der Waals surface area (Å²) in [5.41, 5.74) is 3.73. The van der Waals surface area contributed by atoms with Crippen LogP contribution in [0.4, 0.5) is 14.5 Å². The maximum absolute atomic E-state index is 14.7. The number of aliphatic hydroxyl groups is 1. The van der Waals surface area contributed by atoms with Gasteiger partial charge in [0.1, 0.15) is 12.0 Å². The molecule has 3 nitrogen and oxygen atoms in total. The van der Waals surface area contributed by atoms with E-state index >= 15 is 0 Å². The lowest BCUT2D eigenvalue weighted by atomic mass is 9.95. The van der Waals surface area contributed by atoms with Gasteiger partial charge >= 0.3 is 0 Å². The SMILES string of the molecule is CC[C@H](F)c1cc(N2CCN(CCO)CC2)cc(-c2ccc(F)cc2C)c1Cl. The maximum Gasteiger partial charge on any atom is 0.126 e. The first-order chi connectivity index (χ1) is 13.4. The number of hydrogen-bond donors (Lipinski definition) is 1. The molecule has 1 heterocycles. The normalized spacial score (nSPS) is 16.4. The zero-order valence-corrected chi connectivity index (χ0v) is 17.1. The lowest BCUT2D eigenvalue weighted by Crippen LogP contribution is -2.47. The topological polar surface area (TPSA) is 26.7 Å². The van der Waals surface area contributed by atoms with Crippen LogP contribution in [0.5, 0.6) is 0 Å². The minimum Gasteiger partial charge on any atom is -0.395 e. The number of nitrogens with zero attached hydrogens (tertiary/aromatic N) is 2. The van der Waals surface area contributed by atoms with Gasteiger partial charge in [0.2, 0.25) is 0 Å². The molecule has 0 aliphatic carbocycles. The highest BCUT2D eigenvalue weighted by atomic mass is 35.5. The Morgan fingerprint density at radius 1 is 1.11 bits per heavy atom. The first kappa shape index (κ1) is 21.0. The standard InChI is InChI=1S/C22H27ClF2N2O/c1-3-21(25)20-14-17(27-8-6-26(7-9-27)10-11-28)13-19(22(20)23)18-5-4-16(24)12-15(18)2/h4-5,12-14,21,28H,3,6-11H2,1-2H3/t21-/m0/s1. The van der Waals surface area contributed by atoms with Crippen molar-refractivity contribution < 1.29 is 13.9 Å². The van der Waals surface area contributed by atoms with Crippen molar-refractivity contribution >= 4 is 17.3 Å². The average molecular weight is 409 g/mol. The highest BCUT2D eigenvalue weighted by Gasteiger charge is 2.22. The van der Waals surface area contributed by atoms with E-state index in [0.29, 0.717) is 23.6 Å². The first-order valence-electron chi connectivity index (χ1n) is 9.76. The molecular weight excluding hydrogens is 382 g/mol. The Morgan fingerprint density at radius 2 is 1.82 bits per heavy atom. The molecule has 1 saturated heterocycles. The Balaban J connectivity index is 2.01. The van der Waals surface area contributed by atoms with Gasteiger partial charge in [-0.2, -0.15) is 0 Å². The summed E-state index contributed by atoms with van der Waals surface area (Å²) in [6, 6.07) is 8.42. The molecule has 1 aliphatic rings. The van der Waals surface area contributed by atoms with E-state index < -0.39 is 6.17 Å². The van der Waals surface area contributed by atoms with Gasteiger partial charge in [0.25, 0.3) is 0 Å². The molecule has 152 valence electrons. The second-order valence-corrected chi connectivity index (χ2v) is 7.66. The fourth-order valence-electron chi connectivity index (χ4n) is 3.76. The molecule has 2 aromatic carbocycles. The van der Waals surface area contributed by atoms with Gasteiger partial charge in [0.05, 0.1) is 11.6 Å². The van der Waals surface area contributed by atoms with Gasteiger partial charge in [-0.1, -0.05) is 24.6 Å². The minimum atomic E-state index is -1.15. The molecule has 0 unspecified atom stereocenters. The van der Waals surface area contributed by atoms with E-state index in [1.165, 1.54) is 12.1 Å². The second-order valence-electron chi connectivity index (χ2n) is 7.28. The van der Waals surface area contributed by atoms with Crippen LogP contribution in [0.2, 0.25) is 5.02 Å². The van der Waals surface area contributed by atoms with Crippen LogP contribution >= 0.6 is 11.6 Å². The monoisotopic (exact) mass is 408 g/mol. The molecule has 0 bridgehead atoms. The van der Waals surface area contributed by atoms with Crippen molar-refractivity contribution in [2.24, 2.45) is 0 Å². The molecule has 0 radical (unpaired) electrons. The van der Waals surface area contributed by atoms with Crippen LogP contribution in [0.1, 0.15) is 30.6 Å². The summed E-state index contributed by atoms with van der Waals surface area (Å²) >= 11 is 6.62. The fourth-order valence-corrected chi connectivity index (χ4v) is 4.09. The van der Waals surface area contributed by atoms with Crippen LogP contribution in [0.25, 0.3) is 11.1 Å². The van der Waals surface area contributed by atoms with Crippen molar-refractivity contribution in [2.75, 3.05) is 44.2 Å². The Morgan fingerprint density at radius 3 is 2.43 bits per heavy atom. The summed E-state index contributed by atoms with van der Waals surface area (Å²) in [7, 11) is 0. The van der Waals surface area contributed by atoms with Crippen molar-refractivity contribution in [1.29, 1.82) is 0 Å². The van der Waals surface area contributed by atoms with Crippen LogP contribution < -0.4 is 4.90 Å². The molecule has 1 fully saturated rings. The molecule has 0 aromatic heterocycles. The van der Waals surface area contributed by atoms with Gasteiger partial charge in [0, 0.05) is 49.5 Å². The first-order valence-corrected chi connectivity index (χ1v) is 10.1. The Labute approximate surface area is 170 Å². The van der Waals surface area contributed by atoms with Gasteiger partial charge in [-0.3, -0.25) is 4.90 Å². The molecule has 0 amide bonds. The summed E-state index contributed by atoms with van der Waals surface area (Å²) in [5, 5.41) is 9.52. The number of halogens is 3. The van der Waals surface area contributed by atoms with Crippen molar-refractivity contribution in [3.8, 4) is 11.1 Å². The van der Waals surface area contributed by atoms with Gasteiger partial charge in [0.15, 0.2) is 0 Å². The minimum absolute atomic E-state index is 0.152. The van der Waals surface area contributed by atoms with Gasteiger partial charge in [-0.15, -0.1) is 0 Å². The van der Waals surface area contributed by atoms with E-state index in [1.54, 1.807) is 13.0 Å². The smallest absolute Gasteiger partial charge is 0.126 e. The molecular formula is C22H27ClF2N2O. The molecule has 2 aromatic rings. The van der Waals surface area contributed by atoms with E-state index in [0.717, 1.165) is 48.6 Å². The van der Waals surface area contributed by atoms with Gasteiger partial charge in [-0.05, 0) is 48.7 Å². The summed E-state index contributed by atoms with van der Waals surface area (Å²) < 4.78 is 28.3. The van der Waals surface area contributed by atoms with Crippen LogP contribution in [-0.4, -0.2) is 49.3 Å². The van der Waals surface area contributed by atoms with E-state index in [4.69, 9.17) is 16.7 Å². The van der Waals surface area contributed by atoms with Gasteiger partial charge < -0.3 is 10.0 Å². The van der Waals surface area contributed by atoms with E-state index in [2.05, 4.69) is 9.80 Å². The number of rotatable bonds is 6. The second kappa shape index (κ2) is 9.21. The maximum atomic E-state index is 14.7. The quantitative estimate of drug-likeness (QED) is 0.729. The summed E-state index contributed by atoms with van der Waals surface area (Å²) in [6.45, 7) is 7.73. The third-order valence-electron chi connectivity index (χ3n) is 5.41. The number of aliphatic hydroxyl groups excluding tert-OH is 1. The zero-order chi connectivity index (χ0) is 20.3. The number of β-amino-alcohol motifs (C(OH)–C–C–N with tert-alkyl or cyclic N) is 1. The number of piperazine rings is 1. The van der Waals surface area contributed by atoms with Crippen LogP contribution in [0.15, 0.2) is 30.3 Å². The summed E-state index contributed by atoms with van der Waals surface area (Å²) in [5.74, 6) is -0.300. The summed E-state index contributed by atoms with van der Waals surface area (Å²) in [4.78, 5) is 4.43. The Kier molecular flexibility index (Phi) is 6.91. The predicted molar refractivity (Wildman–Crippen MR) is 111 cm³/mol. The van der Waals surface area contributed by atoms with E-state index in [-0.39, 0.29) is 12.4 Å². The predicted octanol–water partition coefficient (Wildman–Crippen LogP) is 4.99. The van der Waals surface area contributed by atoms with Crippen molar-refractivity contribution in [3.05, 3.63) is 52.3 Å². The van der Waals surface area contributed by atoms with E-state index in [9.17, 15) is 8.78 Å². The number of benzene rings is 2. The molecule has 1 N–H and O–H groups in total. The number of anilines is 1. The van der Waals surface area contributed by atoms with Crippen molar-refractivity contribution in [1.82, 2.24) is 4.90 Å². The van der Waals surface area contributed by atoms with E-state index in [1.807, 2.05) is 19.1 Å². The molecule has 6 heteroatoms. The van der Waals surface area contributed by atoms with Crippen LogP contribution in [0.3, 0.4) is 0 Å². The van der Waals surface area contributed by atoms with Crippen molar-refractivity contribution in [2.45, 2.75) is 26.4 Å². The summed E-state index contributed by atoms with van der Waals surface area (Å²) in [6.07, 6.45) is -0.808. The number of alkyl halides is 1. The van der Waals surface area contributed by atoms with Crippen LogP contribution in [0, 0.1) is 12.7 Å². The molecule has 0 saturated carbocycles. The Hall–Kier alpha value is -1.69. The molecule has 1 atom stereocenters. The lowest BCUT2D eigenvalue weighted by Gasteiger charge is -2.36. The zero-order valence-electron chi connectivity index (χ0n) is 16.4. The fraction of sp³-hybridized carbons (Fsp3) is 0.455. The highest BCUT2D eigenvalue weighted by Crippen LogP contribution is 2.41. The van der Waals surface area contributed by atoms with Crippen molar-refractivity contribution in [3.63, 3.8) is 0 Å². The number of aryl methyl sites for hydroxylation is 1. The largest absolute Gasteiger partial charge is 0.395 e. The molecule has 3 rings (SSSR count). The van der Waals surface area contributed by atoms with Gasteiger partial charge in [-0.25, -0.2) is 8.78 Å². The molecule has 28 heavy (non-hydrogen) atoms. The number of hydrogen-bond acceptors (Lipinski definition) is 3. The molecule has 1 aliphatic heterocycles. The average Bonchev–Trinajstić information content (AvgIpc) is 2.69. The Bertz CT molecular complexity index is 822.